The maximum atomic E-state index is 11.3. The molecular weight excluding hydrogens is 324 g/mol. The molecule has 0 bridgehead atoms. The third-order valence-corrected chi connectivity index (χ3v) is 4.61. The van der Waals surface area contributed by atoms with Gasteiger partial charge in [0.25, 0.3) is 0 Å². The Hall–Kier alpha value is -1.99. The predicted octanol–water partition coefficient (Wildman–Crippen LogP) is 2.98. The van der Waals surface area contributed by atoms with Gasteiger partial charge in [-0.05, 0) is 24.0 Å². The zero-order valence-electron chi connectivity index (χ0n) is 14.2. The summed E-state index contributed by atoms with van der Waals surface area (Å²) in [6.45, 7) is 3.48. The highest BCUT2D eigenvalue weighted by molar-refractivity contribution is 7.18. The van der Waals surface area contributed by atoms with Crippen LogP contribution in [-0.2, 0) is 22.5 Å². The summed E-state index contributed by atoms with van der Waals surface area (Å²) < 4.78 is 4.68. The van der Waals surface area contributed by atoms with Crippen LogP contribution in [0.4, 0.5) is 5.13 Å². The van der Waals surface area contributed by atoms with E-state index in [4.69, 9.17) is 5.73 Å². The maximum Gasteiger partial charge on any atom is 0.305 e. The van der Waals surface area contributed by atoms with E-state index in [1.165, 1.54) is 18.4 Å². The highest BCUT2D eigenvalue weighted by Crippen LogP contribution is 2.30. The number of nitrogens with zero attached hydrogens (tertiary/aromatic N) is 2. The molecule has 2 rings (SSSR count). The SMILES string of the molecule is CCCCNc1nnc(-c2ccc(CCC(=O)OC)cc2CN)s1. The first-order chi connectivity index (χ1) is 11.7. The van der Waals surface area contributed by atoms with E-state index in [-0.39, 0.29) is 5.97 Å². The second kappa shape index (κ2) is 9.34. The first-order valence-corrected chi connectivity index (χ1v) is 8.96. The van der Waals surface area contributed by atoms with Gasteiger partial charge in [-0.1, -0.05) is 42.9 Å². The van der Waals surface area contributed by atoms with Crippen LogP contribution < -0.4 is 11.1 Å². The van der Waals surface area contributed by atoms with E-state index in [9.17, 15) is 4.79 Å². The van der Waals surface area contributed by atoms with Crippen LogP contribution in [0.15, 0.2) is 18.2 Å². The molecule has 0 spiro atoms. The molecule has 0 amide bonds. The van der Waals surface area contributed by atoms with Gasteiger partial charge < -0.3 is 15.8 Å². The normalized spacial score (nSPS) is 10.6. The number of aryl methyl sites for hydroxylation is 1. The van der Waals surface area contributed by atoms with E-state index >= 15 is 0 Å². The fourth-order valence-electron chi connectivity index (χ4n) is 2.30. The lowest BCUT2D eigenvalue weighted by Gasteiger charge is -2.08. The molecule has 130 valence electrons. The Morgan fingerprint density at radius 1 is 1.38 bits per heavy atom. The van der Waals surface area contributed by atoms with E-state index in [1.807, 2.05) is 18.2 Å². The number of benzene rings is 1. The van der Waals surface area contributed by atoms with Gasteiger partial charge in [0, 0.05) is 25.1 Å². The molecule has 0 saturated heterocycles. The topological polar surface area (TPSA) is 90.1 Å². The average Bonchev–Trinajstić information content (AvgIpc) is 3.08. The number of methoxy groups -OCH3 is 1. The molecule has 2 aromatic rings. The fraction of sp³-hybridized carbons (Fsp3) is 0.471. The van der Waals surface area contributed by atoms with Crippen molar-refractivity contribution >= 4 is 22.4 Å². The molecular formula is C17H24N4O2S. The van der Waals surface area contributed by atoms with Crippen LogP contribution in [0.1, 0.15) is 37.3 Å². The molecule has 0 aliphatic heterocycles. The van der Waals surface area contributed by atoms with Crippen molar-refractivity contribution in [3.8, 4) is 10.6 Å². The van der Waals surface area contributed by atoms with Gasteiger partial charge in [0.05, 0.1) is 7.11 Å². The summed E-state index contributed by atoms with van der Waals surface area (Å²) in [6, 6.07) is 6.04. The number of nitrogens with one attached hydrogen (secondary N) is 1. The average molecular weight is 348 g/mol. The van der Waals surface area contributed by atoms with Crippen molar-refractivity contribution in [2.75, 3.05) is 19.0 Å². The second-order valence-electron chi connectivity index (χ2n) is 5.46. The number of unbranched alkanes of at least 4 members (excludes halogenated alkanes) is 1. The quantitative estimate of drug-likeness (QED) is 0.535. The number of esters is 1. The van der Waals surface area contributed by atoms with Crippen LogP contribution >= 0.6 is 11.3 Å². The molecule has 0 aliphatic rings. The predicted molar refractivity (Wildman–Crippen MR) is 97.0 cm³/mol. The number of anilines is 1. The first kappa shape index (κ1) is 18.4. The molecule has 0 fully saturated rings. The summed E-state index contributed by atoms with van der Waals surface area (Å²) >= 11 is 1.53. The number of aromatic nitrogens is 2. The van der Waals surface area contributed by atoms with Crippen molar-refractivity contribution in [2.45, 2.75) is 39.2 Å². The zero-order chi connectivity index (χ0) is 17.4. The van der Waals surface area contributed by atoms with Crippen molar-refractivity contribution in [2.24, 2.45) is 5.73 Å². The Balaban J connectivity index is 2.11. The van der Waals surface area contributed by atoms with Crippen LogP contribution in [0.25, 0.3) is 10.6 Å². The molecule has 0 unspecified atom stereocenters. The minimum Gasteiger partial charge on any atom is -0.469 e. The van der Waals surface area contributed by atoms with Crippen LogP contribution in [0, 0.1) is 0 Å². The van der Waals surface area contributed by atoms with Crippen LogP contribution in [0.3, 0.4) is 0 Å². The first-order valence-electron chi connectivity index (χ1n) is 8.14. The number of nitrogens with two attached hydrogens (primary N) is 1. The minimum atomic E-state index is -0.208. The van der Waals surface area contributed by atoms with Gasteiger partial charge in [0.15, 0.2) is 0 Å². The maximum absolute atomic E-state index is 11.3. The number of hydrogen-bond acceptors (Lipinski definition) is 7. The Morgan fingerprint density at radius 2 is 2.21 bits per heavy atom. The lowest BCUT2D eigenvalue weighted by atomic mass is 10.0. The number of carbonyl (C=O) groups is 1. The third-order valence-electron chi connectivity index (χ3n) is 3.70. The molecule has 1 aromatic heterocycles. The third kappa shape index (κ3) is 5.01. The van der Waals surface area contributed by atoms with E-state index in [0.29, 0.717) is 19.4 Å². The molecule has 24 heavy (non-hydrogen) atoms. The van der Waals surface area contributed by atoms with Gasteiger partial charge in [-0.2, -0.15) is 0 Å². The summed E-state index contributed by atoms with van der Waals surface area (Å²) in [5, 5.41) is 13.4. The Kier molecular flexibility index (Phi) is 7.14. The number of ether oxygens (including phenoxy) is 1. The summed E-state index contributed by atoms with van der Waals surface area (Å²) in [7, 11) is 1.40. The molecule has 7 heteroatoms. The van der Waals surface area contributed by atoms with Crippen LogP contribution in [0.2, 0.25) is 0 Å². The Labute approximate surface area is 146 Å². The summed E-state index contributed by atoms with van der Waals surface area (Å²) in [5.41, 5.74) is 8.97. The van der Waals surface area contributed by atoms with Crippen molar-refractivity contribution in [1.82, 2.24) is 10.2 Å². The second-order valence-corrected chi connectivity index (χ2v) is 6.44. The largest absolute Gasteiger partial charge is 0.469 e. The molecule has 0 aliphatic carbocycles. The standard InChI is InChI=1S/C17H24N4O2S/c1-3-4-9-19-17-21-20-16(24-17)14-7-5-12(10-13(14)11-18)6-8-15(22)23-2/h5,7,10H,3-4,6,8-9,11,18H2,1-2H3,(H,19,21). The van der Waals surface area contributed by atoms with E-state index in [2.05, 4.69) is 27.2 Å². The van der Waals surface area contributed by atoms with Crippen molar-refractivity contribution in [1.29, 1.82) is 0 Å². The van der Waals surface area contributed by atoms with E-state index < -0.39 is 0 Å². The lowest BCUT2D eigenvalue weighted by Crippen LogP contribution is -2.04. The molecule has 0 radical (unpaired) electrons. The van der Waals surface area contributed by atoms with Gasteiger partial charge in [0.2, 0.25) is 5.13 Å². The molecule has 6 nitrogen and oxygen atoms in total. The highest BCUT2D eigenvalue weighted by Gasteiger charge is 2.12. The van der Waals surface area contributed by atoms with Crippen molar-refractivity contribution < 1.29 is 9.53 Å². The monoisotopic (exact) mass is 348 g/mol. The minimum absolute atomic E-state index is 0.208. The molecule has 0 atom stereocenters. The zero-order valence-corrected chi connectivity index (χ0v) is 15.0. The van der Waals surface area contributed by atoms with Gasteiger partial charge in [-0.3, -0.25) is 4.79 Å². The number of hydrogen-bond donors (Lipinski definition) is 2. The lowest BCUT2D eigenvalue weighted by molar-refractivity contribution is -0.140. The van der Waals surface area contributed by atoms with Crippen molar-refractivity contribution in [3.63, 3.8) is 0 Å². The molecule has 1 heterocycles. The Morgan fingerprint density at radius 3 is 2.92 bits per heavy atom. The van der Waals surface area contributed by atoms with Crippen LogP contribution in [-0.4, -0.2) is 29.8 Å². The number of rotatable bonds is 9. The molecule has 3 N–H and O–H groups in total. The van der Waals surface area contributed by atoms with Gasteiger partial charge in [-0.25, -0.2) is 0 Å². The molecule has 0 saturated carbocycles. The Bertz CT molecular complexity index is 672. The fourth-order valence-corrected chi connectivity index (χ4v) is 3.13. The van der Waals surface area contributed by atoms with E-state index in [1.54, 1.807) is 0 Å². The van der Waals surface area contributed by atoms with Crippen LogP contribution in [0.5, 0.6) is 0 Å². The van der Waals surface area contributed by atoms with Gasteiger partial charge in [-0.15, -0.1) is 10.2 Å². The van der Waals surface area contributed by atoms with E-state index in [0.717, 1.165) is 46.2 Å². The number of carbonyl (C=O) groups excluding carboxylic acids is 1. The summed E-state index contributed by atoms with van der Waals surface area (Å²) in [6.07, 6.45) is 3.25. The van der Waals surface area contributed by atoms with Crippen molar-refractivity contribution in [3.05, 3.63) is 29.3 Å². The summed E-state index contributed by atoms with van der Waals surface area (Å²) in [5.74, 6) is -0.208. The highest BCUT2D eigenvalue weighted by atomic mass is 32.1. The smallest absolute Gasteiger partial charge is 0.305 e. The summed E-state index contributed by atoms with van der Waals surface area (Å²) in [4.78, 5) is 11.3. The molecule has 1 aromatic carbocycles. The van der Waals surface area contributed by atoms with Gasteiger partial charge >= 0.3 is 5.97 Å². The van der Waals surface area contributed by atoms with Gasteiger partial charge in [0.1, 0.15) is 5.01 Å².